The van der Waals surface area contributed by atoms with Gasteiger partial charge >= 0.3 is 0 Å². The normalized spacial score (nSPS) is 13.8. The SMILES string of the molecule is c1cc(CC2(Cc3ccncc3)c3cnccc3-c3ccncc32)ccn1. The van der Waals surface area contributed by atoms with Crippen molar-refractivity contribution in [1.82, 2.24) is 19.9 Å². The molecule has 0 aliphatic heterocycles. The highest BCUT2D eigenvalue weighted by molar-refractivity contribution is 5.80. The number of hydrogen-bond acceptors (Lipinski definition) is 4. The van der Waals surface area contributed by atoms with Crippen molar-refractivity contribution in [2.75, 3.05) is 0 Å². The minimum Gasteiger partial charge on any atom is -0.265 e. The van der Waals surface area contributed by atoms with Crippen molar-refractivity contribution in [1.29, 1.82) is 0 Å². The smallest absolute Gasteiger partial charge is 0.0326 e. The van der Waals surface area contributed by atoms with Crippen molar-refractivity contribution in [2.24, 2.45) is 0 Å². The lowest BCUT2D eigenvalue weighted by molar-refractivity contribution is 0.516. The highest BCUT2D eigenvalue weighted by Crippen LogP contribution is 2.51. The quantitative estimate of drug-likeness (QED) is 0.558. The summed E-state index contributed by atoms with van der Waals surface area (Å²) in [6.07, 6.45) is 17.0. The zero-order valence-corrected chi connectivity index (χ0v) is 14.8. The van der Waals surface area contributed by atoms with Crippen molar-refractivity contribution in [3.8, 4) is 11.1 Å². The van der Waals surface area contributed by atoms with Gasteiger partial charge in [-0.3, -0.25) is 19.9 Å². The Bertz CT molecular complexity index is 989. The highest BCUT2D eigenvalue weighted by atomic mass is 14.7. The second kappa shape index (κ2) is 6.40. The zero-order valence-electron chi connectivity index (χ0n) is 14.8. The maximum Gasteiger partial charge on any atom is 0.0326 e. The molecule has 0 bridgehead atoms. The molecule has 1 aliphatic carbocycles. The fraction of sp³-hybridized carbons (Fsp3) is 0.130. The molecule has 1 aliphatic rings. The van der Waals surface area contributed by atoms with E-state index >= 15 is 0 Å². The van der Waals surface area contributed by atoms with E-state index in [0.717, 1.165) is 12.8 Å². The highest BCUT2D eigenvalue weighted by Gasteiger charge is 2.43. The van der Waals surface area contributed by atoms with E-state index in [9.17, 15) is 0 Å². The van der Waals surface area contributed by atoms with Crippen molar-refractivity contribution < 1.29 is 0 Å². The molecule has 4 heteroatoms. The van der Waals surface area contributed by atoms with Gasteiger partial charge < -0.3 is 0 Å². The van der Waals surface area contributed by atoms with Gasteiger partial charge in [-0.2, -0.15) is 0 Å². The van der Waals surface area contributed by atoms with Gasteiger partial charge in [-0.05, 0) is 82.6 Å². The van der Waals surface area contributed by atoms with Gasteiger partial charge in [-0.15, -0.1) is 0 Å². The standard InChI is InChI=1S/C23H18N4/c1-7-24-8-2-17(1)13-23(14-18-3-9-25-10-4-18)21-15-26-11-5-19(21)20-6-12-27-16-22(20)23/h1-12,15-16H,13-14H2. The lowest BCUT2D eigenvalue weighted by atomic mass is 9.70. The van der Waals surface area contributed by atoms with Crippen LogP contribution in [-0.2, 0) is 18.3 Å². The molecule has 0 fully saturated rings. The average Bonchev–Trinajstić information content (AvgIpc) is 3.00. The van der Waals surface area contributed by atoms with E-state index in [1.807, 2.05) is 49.6 Å². The number of hydrogen-bond donors (Lipinski definition) is 0. The summed E-state index contributed by atoms with van der Waals surface area (Å²) in [5, 5.41) is 0. The van der Waals surface area contributed by atoms with Gasteiger partial charge in [-0.25, -0.2) is 0 Å². The predicted molar refractivity (Wildman–Crippen MR) is 104 cm³/mol. The maximum atomic E-state index is 4.47. The van der Waals surface area contributed by atoms with Gasteiger partial charge in [-0.1, -0.05) is 0 Å². The molecule has 0 saturated carbocycles. The second-order valence-corrected chi connectivity index (χ2v) is 6.99. The van der Waals surface area contributed by atoms with Crippen LogP contribution in [0.25, 0.3) is 11.1 Å². The van der Waals surface area contributed by atoms with Gasteiger partial charge in [0.1, 0.15) is 0 Å². The molecule has 4 aromatic rings. The Kier molecular flexibility index (Phi) is 3.75. The molecule has 0 amide bonds. The van der Waals surface area contributed by atoms with E-state index in [1.54, 1.807) is 0 Å². The van der Waals surface area contributed by atoms with E-state index in [4.69, 9.17) is 0 Å². The van der Waals surface area contributed by atoms with Crippen LogP contribution in [0.5, 0.6) is 0 Å². The Balaban J connectivity index is 1.75. The summed E-state index contributed by atoms with van der Waals surface area (Å²) >= 11 is 0. The third kappa shape index (κ3) is 2.61. The van der Waals surface area contributed by atoms with Gasteiger partial charge in [0, 0.05) is 55.0 Å². The lowest BCUT2D eigenvalue weighted by Gasteiger charge is -2.32. The zero-order chi connectivity index (χ0) is 18.1. The van der Waals surface area contributed by atoms with Crippen molar-refractivity contribution in [3.63, 3.8) is 0 Å². The fourth-order valence-corrected chi connectivity index (χ4v) is 4.31. The van der Waals surface area contributed by atoms with E-state index < -0.39 is 0 Å². The van der Waals surface area contributed by atoms with Crippen molar-refractivity contribution >= 4 is 0 Å². The summed E-state index contributed by atoms with van der Waals surface area (Å²) in [7, 11) is 0. The summed E-state index contributed by atoms with van der Waals surface area (Å²) in [6, 6.07) is 12.6. The van der Waals surface area contributed by atoms with Gasteiger partial charge in [0.2, 0.25) is 0 Å². The van der Waals surface area contributed by atoms with Crippen LogP contribution >= 0.6 is 0 Å². The van der Waals surface area contributed by atoms with Crippen LogP contribution in [0.2, 0.25) is 0 Å². The molecule has 4 heterocycles. The summed E-state index contributed by atoms with van der Waals surface area (Å²) in [5.74, 6) is 0. The second-order valence-electron chi connectivity index (χ2n) is 6.99. The Morgan fingerprint density at radius 1 is 0.519 bits per heavy atom. The van der Waals surface area contributed by atoms with Crippen LogP contribution in [0.4, 0.5) is 0 Å². The number of pyridine rings is 4. The van der Waals surface area contributed by atoms with Gasteiger partial charge in [0.05, 0.1) is 0 Å². The molecule has 0 unspecified atom stereocenters. The summed E-state index contributed by atoms with van der Waals surface area (Å²) < 4.78 is 0. The Hall–Kier alpha value is -3.40. The Morgan fingerprint density at radius 2 is 0.926 bits per heavy atom. The molecule has 0 atom stereocenters. The van der Waals surface area contributed by atoms with E-state index in [2.05, 4.69) is 56.3 Å². The minimum atomic E-state index is -0.212. The molecular formula is C23H18N4. The number of fused-ring (bicyclic) bond motifs is 3. The molecule has 0 N–H and O–H groups in total. The third-order valence-corrected chi connectivity index (χ3v) is 5.47. The van der Waals surface area contributed by atoms with E-state index in [1.165, 1.54) is 33.4 Å². The molecule has 0 aromatic carbocycles. The largest absolute Gasteiger partial charge is 0.265 e. The molecular weight excluding hydrogens is 332 g/mol. The van der Waals surface area contributed by atoms with Crippen molar-refractivity contribution in [2.45, 2.75) is 18.3 Å². The Labute approximate surface area is 158 Å². The topological polar surface area (TPSA) is 51.6 Å². The van der Waals surface area contributed by atoms with Crippen LogP contribution < -0.4 is 0 Å². The van der Waals surface area contributed by atoms with Gasteiger partial charge in [0.25, 0.3) is 0 Å². The first-order chi connectivity index (χ1) is 13.4. The predicted octanol–water partition coefficient (Wildman–Crippen LogP) is 4.02. The maximum absolute atomic E-state index is 4.47. The molecule has 130 valence electrons. The summed E-state index contributed by atoms with van der Waals surface area (Å²) in [4.78, 5) is 17.3. The summed E-state index contributed by atoms with van der Waals surface area (Å²) in [5.41, 5.74) is 7.34. The molecule has 4 aromatic heterocycles. The minimum absolute atomic E-state index is 0.212. The molecule has 5 rings (SSSR count). The molecule has 4 nitrogen and oxygen atoms in total. The first-order valence-electron chi connectivity index (χ1n) is 9.04. The first kappa shape index (κ1) is 15.8. The third-order valence-electron chi connectivity index (χ3n) is 5.47. The van der Waals surface area contributed by atoms with Crippen LogP contribution in [0.15, 0.2) is 86.0 Å². The lowest BCUT2D eigenvalue weighted by Crippen LogP contribution is -2.31. The van der Waals surface area contributed by atoms with Crippen LogP contribution in [-0.4, -0.2) is 19.9 Å². The van der Waals surface area contributed by atoms with Crippen molar-refractivity contribution in [3.05, 3.63) is 108 Å². The fourth-order valence-electron chi connectivity index (χ4n) is 4.31. The molecule has 0 saturated heterocycles. The first-order valence-corrected chi connectivity index (χ1v) is 9.04. The molecule has 0 radical (unpaired) electrons. The van der Waals surface area contributed by atoms with Gasteiger partial charge in [0.15, 0.2) is 0 Å². The van der Waals surface area contributed by atoms with E-state index in [0.29, 0.717) is 0 Å². The average molecular weight is 350 g/mol. The monoisotopic (exact) mass is 350 g/mol. The van der Waals surface area contributed by atoms with E-state index in [-0.39, 0.29) is 5.41 Å². The molecule has 27 heavy (non-hydrogen) atoms. The molecule has 0 spiro atoms. The number of aromatic nitrogens is 4. The number of nitrogens with zero attached hydrogens (tertiary/aromatic N) is 4. The van der Waals surface area contributed by atoms with Crippen LogP contribution in [0.1, 0.15) is 22.3 Å². The van der Waals surface area contributed by atoms with Crippen LogP contribution in [0, 0.1) is 0 Å². The van der Waals surface area contributed by atoms with Crippen LogP contribution in [0.3, 0.4) is 0 Å². The number of rotatable bonds is 4. The summed E-state index contributed by atoms with van der Waals surface area (Å²) in [6.45, 7) is 0. The Morgan fingerprint density at radius 3 is 1.37 bits per heavy atom.